The third-order valence-corrected chi connectivity index (χ3v) is 4.69. The third-order valence-electron chi connectivity index (χ3n) is 4.69. The summed E-state index contributed by atoms with van der Waals surface area (Å²) in [5, 5.41) is 0. The lowest BCUT2D eigenvalue weighted by atomic mass is 9.78. The summed E-state index contributed by atoms with van der Waals surface area (Å²) in [5.41, 5.74) is 1.90. The second-order valence-electron chi connectivity index (χ2n) is 6.30. The van der Waals surface area contributed by atoms with Crippen LogP contribution in [-0.4, -0.2) is 11.9 Å². The Morgan fingerprint density at radius 2 is 1.89 bits per heavy atom. The second-order valence-corrected chi connectivity index (χ2v) is 6.30. The van der Waals surface area contributed by atoms with E-state index in [-0.39, 0.29) is 11.9 Å². The molecule has 2 nitrogen and oxygen atoms in total. The molecule has 1 heterocycles. The molecule has 1 fully saturated rings. The third kappa shape index (κ3) is 2.54. The summed E-state index contributed by atoms with van der Waals surface area (Å²) < 4.78 is 6.11. The Morgan fingerprint density at radius 1 is 1.16 bits per heavy atom. The van der Waals surface area contributed by atoms with E-state index in [1.807, 2.05) is 25.1 Å². The van der Waals surface area contributed by atoms with Crippen LogP contribution in [0.3, 0.4) is 0 Å². The first-order valence-electron chi connectivity index (χ1n) is 7.44. The first-order valence-corrected chi connectivity index (χ1v) is 7.44. The Labute approximate surface area is 115 Å². The second kappa shape index (κ2) is 4.99. The fourth-order valence-electron chi connectivity index (χ4n) is 3.38. The summed E-state index contributed by atoms with van der Waals surface area (Å²) in [5.74, 6) is 2.46. The van der Waals surface area contributed by atoms with Gasteiger partial charge in [-0.15, -0.1) is 0 Å². The van der Waals surface area contributed by atoms with Crippen LogP contribution in [0.25, 0.3) is 0 Å². The van der Waals surface area contributed by atoms with Crippen molar-refractivity contribution in [2.45, 2.75) is 52.1 Å². The van der Waals surface area contributed by atoms with Gasteiger partial charge in [0.1, 0.15) is 11.9 Å². The lowest BCUT2D eigenvalue weighted by Gasteiger charge is -2.35. The van der Waals surface area contributed by atoms with E-state index in [1.165, 1.54) is 25.7 Å². The Bertz CT molecular complexity index is 484. The van der Waals surface area contributed by atoms with Crippen molar-refractivity contribution in [2.75, 3.05) is 0 Å². The maximum absolute atomic E-state index is 12.3. The minimum atomic E-state index is 0.107. The molecule has 1 aromatic carbocycles. The smallest absolute Gasteiger partial charge is 0.170 e. The van der Waals surface area contributed by atoms with E-state index < -0.39 is 0 Å². The first kappa shape index (κ1) is 12.7. The molecule has 0 aromatic heterocycles. The Kier molecular flexibility index (Phi) is 3.34. The van der Waals surface area contributed by atoms with E-state index in [4.69, 9.17) is 4.74 Å². The lowest BCUT2D eigenvalue weighted by Crippen LogP contribution is -2.35. The molecule has 1 saturated carbocycles. The Hall–Kier alpha value is -1.31. The van der Waals surface area contributed by atoms with Crippen LogP contribution in [0.2, 0.25) is 0 Å². The van der Waals surface area contributed by atoms with Crippen molar-refractivity contribution in [2.24, 2.45) is 11.8 Å². The minimum absolute atomic E-state index is 0.107. The van der Waals surface area contributed by atoms with Gasteiger partial charge in [-0.2, -0.15) is 0 Å². The molecular formula is C17H22O2. The van der Waals surface area contributed by atoms with Crippen LogP contribution in [0.15, 0.2) is 18.2 Å². The molecule has 0 radical (unpaired) electrons. The van der Waals surface area contributed by atoms with Crippen molar-refractivity contribution in [3.8, 4) is 5.75 Å². The van der Waals surface area contributed by atoms with Crippen LogP contribution < -0.4 is 4.74 Å². The minimum Gasteiger partial charge on any atom is -0.489 e. The summed E-state index contributed by atoms with van der Waals surface area (Å²) in [6, 6.07) is 5.94. The number of ketones is 1. The molecule has 0 N–H and O–H groups in total. The fourth-order valence-corrected chi connectivity index (χ4v) is 3.38. The summed E-state index contributed by atoms with van der Waals surface area (Å²) in [6.45, 7) is 4.34. The summed E-state index contributed by atoms with van der Waals surface area (Å²) in [4.78, 5) is 12.3. The van der Waals surface area contributed by atoms with Gasteiger partial charge in [-0.05, 0) is 43.7 Å². The van der Waals surface area contributed by atoms with Crippen LogP contribution in [0, 0.1) is 18.8 Å². The quantitative estimate of drug-likeness (QED) is 0.756. The largest absolute Gasteiger partial charge is 0.489 e. The number of fused-ring (bicyclic) bond motifs is 1. The molecule has 0 bridgehead atoms. The molecule has 19 heavy (non-hydrogen) atoms. The molecule has 2 heteroatoms. The highest BCUT2D eigenvalue weighted by Crippen LogP contribution is 2.37. The molecule has 0 saturated heterocycles. The molecule has 0 amide bonds. The number of Topliss-reactive ketones (excluding diaryl/α,β-unsaturated/α-hetero) is 1. The van der Waals surface area contributed by atoms with Crippen LogP contribution in [0.4, 0.5) is 0 Å². The molecule has 1 aromatic rings. The van der Waals surface area contributed by atoms with Gasteiger partial charge in [0.25, 0.3) is 0 Å². The number of carbonyl (C=O) groups excluding carboxylic acids is 1. The highest BCUT2D eigenvalue weighted by Gasteiger charge is 2.33. The summed E-state index contributed by atoms with van der Waals surface area (Å²) >= 11 is 0. The van der Waals surface area contributed by atoms with Gasteiger partial charge in [-0.25, -0.2) is 0 Å². The van der Waals surface area contributed by atoms with Gasteiger partial charge in [0.15, 0.2) is 5.78 Å². The molecule has 3 rings (SSSR count). The van der Waals surface area contributed by atoms with Crippen molar-refractivity contribution in [1.29, 1.82) is 0 Å². The van der Waals surface area contributed by atoms with Crippen LogP contribution >= 0.6 is 0 Å². The van der Waals surface area contributed by atoms with E-state index in [0.717, 1.165) is 22.8 Å². The number of aryl methyl sites for hydroxylation is 1. The van der Waals surface area contributed by atoms with Gasteiger partial charge < -0.3 is 4.74 Å². The summed E-state index contributed by atoms with van der Waals surface area (Å²) in [7, 11) is 0. The molecule has 1 aliphatic carbocycles. The van der Waals surface area contributed by atoms with E-state index >= 15 is 0 Å². The Balaban J connectivity index is 1.77. The molecule has 0 spiro atoms. The van der Waals surface area contributed by atoms with Gasteiger partial charge in [0.05, 0.1) is 5.56 Å². The van der Waals surface area contributed by atoms with Crippen molar-refractivity contribution < 1.29 is 9.53 Å². The highest BCUT2D eigenvalue weighted by molar-refractivity contribution is 6.00. The molecular weight excluding hydrogens is 236 g/mol. The predicted octanol–water partition coefficient (Wildman–Crippen LogP) is 4.16. The zero-order valence-electron chi connectivity index (χ0n) is 11.8. The number of rotatable bonds is 1. The normalized spacial score (nSPS) is 30.6. The maximum atomic E-state index is 12.3. The van der Waals surface area contributed by atoms with Crippen molar-refractivity contribution in [1.82, 2.24) is 0 Å². The molecule has 1 aliphatic heterocycles. The Morgan fingerprint density at radius 3 is 2.63 bits per heavy atom. The van der Waals surface area contributed by atoms with Crippen LogP contribution in [0.1, 0.15) is 54.9 Å². The zero-order valence-corrected chi connectivity index (χ0v) is 11.8. The van der Waals surface area contributed by atoms with Gasteiger partial charge in [0.2, 0.25) is 0 Å². The molecule has 2 aliphatic rings. The van der Waals surface area contributed by atoms with E-state index in [2.05, 4.69) is 6.92 Å². The standard InChI is InChI=1S/C17H22O2/c1-11-3-6-13(7-4-11)17-10-15(18)14-9-12(2)5-8-16(14)19-17/h5,8-9,11,13,17H,3-4,6-7,10H2,1-2H3. The topological polar surface area (TPSA) is 26.3 Å². The van der Waals surface area contributed by atoms with Crippen LogP contribution in [0.5, 0.6) is 5.75 Å². The SMILES string of the molecule is Cc1ccc2c(c1)C(=O)CC(C1CCC(C)CC1)O2. The van der Waals surface area contributed by atoms with Gasteiger partial charge in [-0.3, -0.25) is 4.79 Å². The molecule has 1 atom stereocenters. The number of hydrogen-bond donors (Lipinski definition) is 0. The van der Waals surface area contributed by atoms with E-state index in [9.17, 15) is 4.79 Å². The van der Waals surface area contributed by atoms with Gasteiger partial charge in [0, 0.05) is 6.42 Å². The fraction of sp³-hybridized carbons (Fsp3) is 0.588. The van der Waals surface area contributed by atoms with E-state index in [1.54, 1.807) is 0 Å². The highest BCUT2D eigenvalue weighted by atomic mass is 16.5. The predicted molar refractivity (Wildman–Crippen MR) is 75.7 cm³/mol. The van der Waals surface area contributed by atoms with Gasteiger partial charge in [-0.1, -0.05) is 31.4 Å². The van der Waals surface area contributed by atoms with Crippen molar-refractivity contribution >= 4 is 5.78 Å². The number of carbonyl (C=O) groups is 1. The lowest BCUT2D eigenvalue weighted by molar-refractivity contribution is 0.0618. The summed E-state index contributed by atoms with van der Waals surface area (Å²) in [6.07, 6.45) is 5.64. The number of hydrogen-bond acceptors (Lipinski definition) is 2. The molecule has 1 unspecified atom stereocenters. The van der Waals surface area contributed by atoms with Crippen molar-refractivity contribution in [3.63, 3.8) is 0 Å². The van der Waals surface area contributed by atoms with Gasteiger partial charge >= 0.3 is 0 Å². The zero-order chi connectivity index (χ0) is 13.4. The number of ether oxygens (including phenoxy) is 1. The average molecular weight is 258 g/mol. The van der Waals surface area contributed by atoms with Crippen molar-refractivity contribution in [3.05, 3.63) is 29.3 Å². The number of benzene rings is 1. The monoisotopic (exact) mass is 258 g/mol. The average Bonchev–Trinajstić information content (AvgIpc) is 2.40. The first-order chi connectivity index (χ1) is 9.13. The maximum Gasteiger partial charge on any atom is 0.170 e. The molecule has 102 valence electrons. The van der Waals surface area contributed by atoms with Crippen LogP contribution in [-0.2, 0) is 0 Å². The van der Waals surface area contributed by atoms with E-state index in [0.29, 0.717) is 12.3 Å².